The van der Waals surface area contributed by atoms with Gasteiger partial charge in [-0.3, -0.25) is 9.69 Å². The molecule has 3 rings (SSSR count). The maximum Gasteiger partial charge on any atom is 0.226 e. The lowest BCUT2D eigenvalue weighted by Gasteiger charge is -2.36. The average molecular weight is 334 g/mol. The van der Waals surface area contributed by atoms with E-state index in [-0.39, 0.29) is 5.92 Å². The van der Waals surface area contributed by atoms with Gasteiger partial charge in [0.2, 0.25) is 5.91 Å². The molecule has 134 valence electrons. The van der Waals surface area contributed by atoms with E-state index in [4.69, 9.17) is 9.15 Å². The zero-order valence-corrected chi connectivity index (χ0v) is 14.8. The summed E-state index contributed by atoms with van der Waals surface area (Å²) in [4.78, 5) is 17.4. The molecule has 1 aromatic rings. The van der Waals surface area contributed by atoms with Crippen LogP contribution in [0.25, 0.3) is 0 Å². The SMILES string of the molecule is CCN(CC1CCOCC1)C(=O)[C@H]1CCCN(Cc2ccco2)C1. The summed E-state index contributed by atoms with van der Waals surface area (Å²) in [6, 6.07) is 3.93. The molecule has 2 saturated heterocycles. The van der Waals surface area contributed by atoms with Gasteiger partial charge in [0.25, 0.3) is 0 Å². The quantitative estimate of drug-likeness (QED) is 0.802. The van der Waals surface area contributed by atoms with Gasteiger partial charge in [0.1, 0.15) is 5.76 Å². The van der Waals surface area contributed by atoms with Crippen LogP contribution in [0.4, 0.5) is 0 Å². The highest BCUT2D eigenvalue weighted by Gasteiger charge is 2.30. The molecule has 1 aromatic heterocycles. The molecule has 0 N–H and O–H groups in total. The molecule has 0 aliphatic carbocycles. The van der Waals surface area contributed by atoms with Crippen molar-refractivity contribution in [2.45, 2.75) is 39.2 Å². The minimum Gasteiger partial charge on any atom is -0.468 e. The van der Waals surface area contributed by atoms with Gasteiger partial charge in [-0.2, -0.15) is 0 Å². The Balaban J connectivity index is 1.53. The predicted octanol–water partition coefficient (Wildman–Crippen LogP) is 2.77. The van der Waals surface area contributed by atoms with Gasteiger partial charge in [0.05, 0.1) is 18.7 Å². The summed E-state index contributed by atoms with van der Waals surface area (Å²) in [6.07, 6.45) is 5.98. The van der Waals surface area contributed by atoms with Crippen molar-refractivity contribution in [3.05, 3.63) is 24.2 Å². The first-order valence-electron chi connectivity index (χ1n) is 9.37. The van der Waals surface area contributed by atoms with Crippen molar-refractivity contribution in [1.82, 2.24) is 9.80 Å². The van der Waals surface area contributed by atoms with Crippen LogP contribution >= 0.6 is 0 Å². The molecule has 2 aliphatic heterocycles. The fraction of sp³-hybridized carbons (Fsp3) is 0.737. The molecule has 0 aromatic carbocycles. The predicted molar refractivity (Wildman–Crippen MR) is 92.5 cm³/mol. The third-order valence-electron chi connectivity index (χ3n) is 5.33. The highest BCUT2D eigenvalue weighted by Crippen LogP contribution is 2.23. The third kappa shape index (κ3) is 4.61. The number of carbonyl (C=O) groups is 1. The number of amides is 1. The Hall–Kier alpha value is -1.33. The van der Waals surface area contributed by atoms with Gasteiger partial charge in [-0.1, -0.05) is 0 Å². The van der Waals surface area contributed by atoms with Crippen molar-refractivity contribution in [3.63, 3.8) is 0 Å². The number of nitrogens with zero attached hydrogens (tertiary/aromatic N) is 2. The van der Waals surface area contributed by atoms with Crippen LogP contribution in [-0.4, -0.2) is 55.1 Å². The molecule has 0 bridgehead atoms. The monoisotopic (exact) mass is 334 g/mol. The smallest absolute Gasteiger partial charge is 0.226 e. The van der Waals surface area contributed by atoms with Gasteiger partial charge in [-0.15, -0.1) is 0 Å². The first-order valence-corrected chi connectivity index (χ1v) is 9.37. The minimum absolute atomic E-state index is 0.133. The first-order chi connectivity index (χ1) is 11.8. The molecule has 5 nitrogen and oxygen atoms in total. The Morgan fingerprint density at radius 2 is 2.17 bits per heavy atom. The maximum absolute atomic E-state index is 13.0. The van der Waals surface area contributed by atoms with Gasteiger partial charge in [0.15, 0.2) is 0 Å². The fourth-order valence-corrected chi connectivity index (χ4v) is 3.90. The topological polar surface area (TPSA) is 45.9 Å². The Morgan fingerprint density at radius 3 is 2.88 bits per heavy atom. The van der Waals surface area contributed by atoms with Gasteiger partial charge in [-0.25, -0.2) is 0 Å². The summed E-state index contributed by atoms with van der Waals surface area (Å²) in [5, 5.41) is 0. The first kappa shape index (κ1) is 17.5. The molecular formula is C19H30N2O3. The molecule has 1 atom stereocenters. The van der Waals surface area contributed by atoms with E-state index in [1.165, 1.54) is 0 Å². The summed E-state index contributed by atoms with van der Waals surface area (Å²) < 4.78 is 10.9. The van der Waals surface area contributed by atoms with E-state index in [1.54, 1.807) is 6.26 Å². The molecule has 3 heterocycles. The Bertz CT molecular complexity index is 497. The Morgan fingerprint density at radius 1 is 1.33 bits per heavy atom. The van der Waals surface area contributed by atoms with Crippen LogP contribution < -0.4 is 0 Å². The van der Waals surface area contributed by atoms with Crippen molar-refractivity contribution in [2.75, 3.05) is 39.4 Å². The highest BCUT2D eigenvalue weighted by molar-refractivity contribution is 5.79. The number of hydrogen-bond donors (Lipinski definition) is 0. The van der Waals surface area contributed by atoms with E-state index in [0.717, 1.165) is 77.4 Å². The Kier molecular flexibility index (Phi) is 6.32. The highest BCUT2D eigenvalue weighted by atomic mass is 16.5. The van der Waals surface area contributed by atoms with Crippen LogP contribution in [0, 0.1) is 11.8 Å². The van der Waals surface area contributed by atoms with E-state index in [9.17, 15) is 4.79 Å². The summed E-state index contributed by atoms with van der Waals surface area (Å²) in [7, 11) is 0. The molecule has 0 radical (unpaired) electrons. The summed E-state index contributed by atoms with van der Waals surface area (Å²) in [5.41, 5.74) is 0. The van der Waals surface area contributed by atoms with Crippen LogP contribution in [-0.2, 0) is 16.1 Å². The standard InChI is InChI=1S/C19H30N2O3/c1-2-21(13-16-7-11-23-12-8-16)19(22)17-5-3-9-20(14-17)15-18-6-4-10-24-18/h4,6,10,16-17H,2-3,5,7-9,11-15H2,1H3/t17-/m0/s1. The third-order valence-corrected chi connectivity index (χ3v) is 5.33. The average Bonchev–Trinajstić information content (AvgIpc) is 3.13. The van der Waals surface area contributed by atoms with E-state index in [0.29, 0.717) is 11.8 Å². The van der Waals surface area contributed by atoms with Crippen molar-refractivity contribution >= 4 is 5.91 Å². The van der Waals surface area contributed by atoms with Crippen LogP contribution in [0.15, 0.2) is 22.8 Å². The molecule has 2 fully saturated rings. The molecule has 1 amide bonds. The lowest BCUT2D eigenvalue weighted by molar-refractivity contribution is -0.138. The fourth-order valence-electron chi connectivity index (χ4n) is 3.90. The van der Waals surface area contributed by atoms with Crippen molar-refractivity contribution in [2.24, 2.45) is 11.8 Å². The molecule has 0 unspecified atom stereocenters. The number of carbonyl (C=O) groups excluding carboxylic acids is 1. The Labute approximate surface area is 144 Å². The molecular weight excluding hydrogens is 304 g/mol. The number of ether oxygens (including phenoxy) is 1. The number of furan rings is 1. The second-order valence-corrected chi connectivity index (χ2v) is 7.09. The van der Waals surface area contributed by atoms with Crippen LogP contribution in [0.1, 0.15) is 38.4 Å². The minimum atomic E-state index is 0.133. The van der Waals surface area contributed by atoms with Crippen LogP contribution in [0.2, 0.25) is 0 Å². The largest absolute Gasteiger partial charge is 0.468 e. The van der Waals surface area contributed by atoms with Crippen molar-refractivity contribution in [3.8, 4) is 0 Å². The molecule has 0 saturated carbocycles. The number of piperidine rings is 1. The number of hydrogen-bond acceptors (Lipinski definition) is 4. The normalized spacial score (nSPS) is 23.3. The summed E-state index contributed by atoms with van der Waals surface area (Å²) >= 11 is 0. The number of likely N-dealkylation sites (tertiary alicyclic amines) is 1. The zero-order valence-electron chi connectivity index (χ0n) is 14.8. The second-order valence-electron chi connectivity index (χ2n) is 7.09. The van der Waals surface area contributed by atoms with Crippen LogP contribution in [0.5, 0.6) is 0 Å². The molecule has 5 heteroatoms. The van der Waals surface area contributed by atoms with Gasteiger partial charge in [-0.05, 0) is 57.2 Å². The maximum atomic E-state index is 13.0. The van der Waals surface area contributed by atoms with E-state index in [1.807, 2.05) is 12.1 Å². The van der Waals surface area contributed by atoms with Gasteiger partial charge >= 0.3 is 0 Å². The lowest BCUT2D eigenvalue weighted by Crippen LogP contribution is -2.46. The van der Waals surface area contributed by atoms with E-state index < -0.39 is 0 Å². The lowest BCUT2D eigenvalue weighted by atomic mass is 9.94. The molecule has 2 aliphatic rings. The molecule has 24 heavy (non-hydrogen) atoms. The van der Waals surface area contributed by atoms with E-state index >= 15 is 0 Å². The van der Waals surface area contributed by atoms with Crippen molar-refractivity contribution in [1.29, 1.82) is 0 Å². The number of rotatable bonds is 6. The van der Waals surface area contributed by atoms with Crippen molar-refractivity contribution < 1.29 is 13.9 Å². The van der Waals surface area contributed by atoms with Gasteiger partial charge < -0.3 is 14.1 Å². The summed E-state index contributed by atoms with van der Waals surface area (Å²) in [5.74, 6) is 2.06. The second kappa shape index (κ2) is 8.67. The van der Waals surface area contributed by atoms with Crippen LogP contribution in [0.3, 0.4) is 0 Å². The molecule has 0 spiro atoms. The zero-order chi connectivity index (χ0) is 16.8. The van der Waals surface area contributed by atoms with E-state index in [2.05, 4.69) is 16.7 Å². The summed E-state index contributed by atoms with van der Waals surface area (Å²) in [6.45, 7) is 8.20. The van der Waals surface area contributed by atoms with Gasteiger partial charge in [0, 0.05) is 32.8 Å².